The summed E-state index contributed by atoms with van der Waals surface area (Å²) in [4.78, 5) is 11.2. The van der Waals surface area contributed by atoms with Gasteiger partial charge < -0.3 is 10.5 Å². The van der Waals surface area contributed by atoms with Crippen LogP contribution in [0.15, 0.2) is 45.8 Å². The van der Waals surface area contributed by atoms with Gasteiger partial charge in [-0.15, -0.1) is 0 Å². The molecule has 0 spiro atoms. The Bertz CT molecular complexity index is 871. The predicted octanol–water partition coefficient (Wildman–Crippen LogP) is 3.01. The molecule has 0 aliphatic rings. The summed E-state index contributed by atoms with van der Waals surface area (Å²) in [5.74, 6) is -0.188. The molecule has 0 radical (unpaired) electrons. The van der Waals surface area contributed by atoms with Crippen molar-refractivity contribution in [2.75, 3.05) is 11.8 Å². The molecule has 0 atom stereocenters. The molecule has 2 aromatic rings. The van der Waals surface area contributed by atoms with Crippen LogP contribution in [0.3, 0.4) is 0 Å². The van der Waals surface area contributed by atoms with Crippen LogP contribution < -0.4 is 15.2 Å². The van der Waals surface area contributed by atoms with Crippen LogP contribution in [-0.4, -0.2) is 21.4 Å². The Morgan fingerprint density at radius 3 is 2.52 bits per heavy atom. The highest BCUT2D eigenvalue weighted by Crippen LogP contribution is 2.30. The van der Waals surface area contributed by atoms with Gasteiger partial charge in [0.15, 0.2) is 0 Å². The lowest BCUT2D eigenvalue weighted by Gasteiger charge is -2.12. The molecule has 3 N–H and O–H groups in total. The minimum atomic E-state index is -3.90. The molecule has 23 heavy (non-hydrogen) atoms. The number of methoxy groups -OCH3 is 1. The summed E-state index contributed by atoms with van der Waals surface area (Å²) in [7, 11) is -2.42. The molecular weight excluding hydrogens is 408 g/mol. The van der Waals surface area contributed by atoms with E-state index in [0.717, 1.165) is 0 Å². The Labute approximate surface area is 146 Å². The monoisotopic (exact) mass is 418 g/mol. The van der Waals surface area contributed by atoms with E-state index in [1.807, 2.05) is 0 Å². The number of amides is 1. The van der Waals surface area contributed by atoms with Gasteiger partial charge in [-0.25, -0.2) is 8.42 Å². The van der Waals surface area contributed by atoms with Crippen LogP contribution >= 0.6 is 27.5 Å². The van der Waals surface area contributed by atoms with Gasteiger partial charge in [0.2, 0.25) is 5.91 Å². The van der Waals surface area contributed by atoms with Crippen LogP contribution in [0.5, 0.6) is 5.75 Å². The number of rotatable bonds is 5. The van der Waals surface area contributed by atoms with E-state index in [1.165, 1.54) is 43.5 Å². The van der Waals surface area contributed by atoms with Gasteiger partial charge in [0, 0.05) is 5.56 Å². The van der Waals surface area contributed by atoms with Crippen LogP contribution in [-0.2, 0) is 10.0 Å². The van der Waals surface area contributed by atoms with E-state index < -0.39 is 15.9 Å². The van der Waals surface area contributed by atoms with E-state index in [9.17, 15) is 13.2 Å². The van der Waals surface area contributed by atoms with Crippen LogP contribution in [0.2, 0.25) is 5.02 Å². The standard InChI is InChI=1S/C14H12BrClN2O4S/c1-22-13-5-3-9(7-10(13)15)23(20,21)18-12-6-8(14(17)19)2-4-11(12)16/h2-7,18H,1H3,(H2,17,19). The molecule has 0 saturated carbocycles. The molecule has 9 heteroatoms. The maximum atomic E-state index is 12.4. The Kier molecular flexibility index (Phi) is 5.18. The largest absolute Gasteiger partial charge is 0.496 e. The fraction of sp³-hybridized carbons (Fsp3) is 0.0714. The number of nitrogens with one attached hydrogen (secondary N) is 1. The van der Waals surface area contributed by atoms with Gasteiger partial charge >= 0.3 is 0 Å². The summed E-state index contributed by atoms with van der Waals surface area (Å²) in [5, 5.41) is 0.145. The second kappa shape index (κ2) is 6.77. The lowest BCUT2D eigenvalue weighted by molar-refractivity contribution is 0.100. The third kappa shape index (κ3) is 3.95. The lowest BCUT2D eigenvalue weighted by atomic mass is 10.2. The number of anilines is 1. The van der Waals surface area contributed by atoms with E-state index in [2.05, 4.69) is 20.7 Å². The van der Waals surface area contributed by atoms with E-state index >= 15 is 0 Å². The number of nitrogens with two attached hydrogens (primary N) is 1. The predicted molar refractivity (Wildman–Crippen MR) is 91.5 cm³/mol. The molecule has 0 aliphatic carbocycles. The van der Waals surface area contributed by atoms with E-state index in [1.54, 1.807) is 0 Å². The Morgan fingerprint density at radius 1 is 1.26 bits per heavy atom. The topological polar surface area (TPSA) is 98.5 Å². The SMILES string of the molecule is COc1ccc(S(=O)(=O)Nc2cc(C(N)=O)ccc2Cl)cc1Br. The number of carbonyl (C=O) groups excluding carboxylic acids is 1. The lowest BCUT2D eigenvalue weighted by Crippen LogP contribution is -2.15. The number of carbonyl (C=O) groups is 1. The van der Waals surface area contributed by atoms with Crippen molar-refractivity contribution in [1.82, 2.24) is 0 Å². The molecule has 0 bridgehead atoms. The van der Waals surface area contributed by atoms with Crippen LogP contribution in [0, 0.1) is 0 Å². The summed E-state index contributed by atoms with van der Waals surface area (Å²) in [6, 6.07) is 8.38. The first kappa shape index (κ1) is 17.6. The number of primary amides is 1. The molecule has 2 rings (SSSR count). The van der Waals surface area contributed by atoms with Crippen molar-refractivity contribution >= 4 is 49.1 Å². The molecule has 0 aromatic heterocycles. The van der Waals surface area contributed by atoms with Crippen molar-refractivity contribution in [3.8, 4) is 5.75 Å². The number of hydrogen-bond acceptors (Lipinski definition) is 4. The van der Waals surface area contributed by atoms with Crippen molar-refractivity contribution in [2.45, 2.75) is 4.90 Å². The zero-order valence-corrected chi connectivity index (χ0v) is 15.0. The fourth-order valence-corrected chi connectivity index (χ4v) is 3.78. The van der Waals surface area contributed by atoms with Crippen molar-refractivity contribution < 1.29 is 17.9 Å². The van der Waals surface area contributed by atoms with Crippen molar-refractivity contribution in [3.63, 3.8) is 0 Å². The summed E-state index contributed by atoms with van der Waals surface area (Å²) in [6.07, 6.45) is 0. The summed E-state index contributed by atoms with van der Waals surface area (Å²) < 4.78 is 32.8. The van der Waals surface area contributed by atoms with Gasteiger partial charge in [-0.2, -0.15) is 0 Å². The third-order valence-corrected chi connectivity index (χ3v) is 5.24. The Morgan fingerprint density at radius 2 is 1.96 bits per heavy atom. The zero-order chi connectivity index (χ0) is 17.2. The maximum absolute atomic E-state index is 12.4. The highest BCUT2D eigenvalue weighted by Gasteiger charge is 2.18. The molecule has 0 unspecified atom stereocenters. The number of benzene rings is 2. The Hall–Kier alpha value is -1.77. The second-order valence-corrected chi connectivity index (χ2v) is 7.40. The molecule has 0 saturated heterocycles. The van der Waals surface area contributed by atoms with Gasteiger partial charge in [-0.1, -0.05) is 11.6 Å². The average molecular weight is 420 g/mol. The first-order valence-corrected chi connectivity index (χ1v) is 8.85. The quantitative estimate of drug-likeness (QED) is 0.778. The highest BCUT2D eigenvalue weighted by atomic mass is 79.9. The molecule has 0 fully saturated rings. The molecule has 122 valence electrons. The molecule has 6 nitrogen and oxygen atoms in total. The molecule has 1 amide bonds. The molecular formula is C14H12BrClN2O4S. The van der Waals surface area contributed by atoms with Crippen LogP contribution in [0.1, 0.15) is 10.4 Å². The average Bonchev–Trinajstić information content (AvgIpc) is 2.49. The van der Waals surface area contributed by atoms with Crippen molar-refractivity contribution in [1.29, 1.82) is 0 Å². The van der Waals surface area contributed by atoms with Gasteiger partial charge in [0.05, 0.1) is 27.2 Å². The fourth-order valence-electron chi connectivity index (χ4n) is 1.77. The van der Waals surface area contributed by atoms with E-state index in [0.29, 0.717) is 10.2 Å². The normalized spacial score (nSPS) is 11.1. The number of ether oxygens (including phenoxy) is 1. The first-order valence-electron chi connectivity index (χ1n) is 6.20. The minimum absolute atomic E-state index is 0.00530. The maximum Gasteiger partial charge on any atom is 0.261 e. The summed E-state index contributed by atoms with van der Waals surface area (Å²) in [5.41, 5.74) is 5.39. The third-order valence-electron chi connectivity index (χ3n) is 2.93. The number of hydrogen-bond donors (Lipinski definition) is 2. The number of halogens is 2. The van der Waals surface area contributed by atoms with Crippen molar-refractivity contribution in [3.05, 3.63) is 51.5 Å². The summed E-state index contributed by atoms with van der Waals surface area (Å²) in [6.45, 7) is 0. The molecule has 0 aliphatic heterocycles. The highest BCUT2D eigenvalue weighted by molar-refractivity contribution is 9.10. The molecule has 0 heterocycles. The van der Waals surface area contributed by atoms with Gasteiger partial charge in [-0.05, 0) is 52.3 Å². The van der Waals surface area contributed by atoms with Gasteiger partial charge in [0.1, 0.15) is 5.75 Å². The number of sulfonamides is 1. The minimum Gasteiger partial charge on any atom is -0.496 e. The summed E-state index contributed by atoms with van der Waals surface area (Å²) >= 11 is 9.19. The first-order chi connectivity index (χ1) is 10.7. The van der Waals surface area contributed by atoms with E-state index in [4.69, 9.17) is 22.1 Å². The Balaban J connectivity index is 2.40. The smallest absolute Gasteiger partial charge is 0.261 e. The van der Waals surface area contributed by atoms with Crippen molar-refractivity contribution in [2.24, 2.45) is 5.73 Å². The van der Waals surface area contributed by atoms with Gasteiger partial charge in [-0.3, -0.25) is 9.52 Å². The van der Waals surface area contributed by atoms with Crippen LogP contribution in [0.25, 0.3) is 0 Å². The van der Waals surface area contributed by atoms with E-state index in [-0.39, 0.29) is 21.2 Å². The second-order valence-electron chi connectivity index (χ2n) is 4.46. The molecule has 2 aromatic carbocycles. The van der Waals surface area contributed by atoms with Crippen LogP contribution in [0.4, 0.5) is 5.69 Å². The zero-order valence-electron chi connectivity index (χ0n) is 11.8. The van der Waals surface area contributed by atoms with Gasteiger partial charge in [0.25, 0.3) is 10.0 Å².